The van der Waals surface area contributed by atoms with Crippen molar-refractivity contribution in [1.29, 1.82) is 5.41 Å². The van der Waals surface area contributed by atoms with Crippen molar-refractivity contribution >= 4 is 51.2 Å². The third-order valence-corrected chi connectivity index (χ3v) is 1.56. The Balaban J connectivity index is 3.75. The van der Waals surface area contributed by atoms with Gasteiger partial charge in [-0.25, -0.2) is 0 Å². The zero-order valence-corrected chi connectivity index (χ0v) is 7.38. The summed E-state index contributed by atoms with van der Waals surface area (Å²) in [5, 5.41) is 6.96. The van der Waals surface area contributed by atoms with Gasteiger partial charge in [0.05, 0.1) is 22.9 Å². The molecular weight excluding hydrogens is 262 g/mol. The van der Waals surface area contributed by atoms with Crippen LogP contribution in [0, 0.1) is 5.41 Å². The van der Waals surface area contributed by atoms with Gasteiger partial charge in [0.1, 0.15) is 10.3 Å². The lowest BCUT2D eigenvalue weighted by Gasteiger charge is -1.88. The highest BCUT2D eigenvalue weighted by molar-refractivity contribution is 14.1. The van der Waals surface area contributed by atoms with Gasteiger partial charge in [-0.1, -0.05) is 23.2 Å². The second kappa shape index (κ2) is 4.40. The van der Waals surface area contributed by atoms with Crippen LogP contribution in [0.3, 0.4) is 0 Å². The zero-order valence-electron chi connectivity index (χ0n) is 3.71. The molecule has 2 N–H and O–H groups in total. The van der Waals surface area contributed by atoms with Crippen LogP contribution in [-0.2, 0) is 0 Å². The molecule has 0 spiro atoms. The van der Waals surface area contributed by atoms with E-state index >= 15 is 0 Å². The lowest BCUT2D eigenvalue weighted by Crippen LogP contribution is -1.90. The van der Waals surface area contributed by atoms with Crippen LogP contribution < -0.4 is 3.53 Å². The minimum Gasteiger partial charge on any atom is -0.319 e. The van der Waals surface area contributed by atoms with Gasteiger partial charge < -0.3 is 3.53 Å². The van der Waals surface area contributed by atoms with E-state index in [9.17, 15) is 0 Å². The van der Waals surface area contributed by atoms with Crippen LogP contribution in [0.2, 0.25) is 0 Å². The highest BCUT2D eigenvalue weighted by atomic mass is 127. The van der Waals surface area contributed by atoms with Crippen LogP contribution in [0.15, 0.2) is 11.2 Å². The van der Waals surface area contributed by atoms with Crippen LogP contribution in [0.5, 0.6) is 0 Å². The summed E-state index contributed by atoms with van der Waals surface area (Å²) in [4.78, 5) is 0. The molecule has 0 aromatic heterocycles. The van der Waals surface area contributed by atoms with Gasteiger partial charge in [0.15, 0.2) is 0 Å². The third kappa shape index (κ3) is 4.67. The number of hydrogen-bond acceptors (Lipinski definition) is 2. The molecule has 0 rings (SSSR count). The molecule has 2 nitrogen and oxygen atoms in total. The van der Waals surface area contributed by atoms with Gasteiger partial charge in [-0.05, 0) is 0 Å². The maximum Gasteiger partial charge on any atom is 0.123 e. The van der Waals surface area contributed by atoms with Gasteiger partial charge in [0.2, 0.25) is 0 Å². The Kier molecular flexibility index (Phi) is 4.69. The monoisotopic (exact) mass is 264 g/mol. The van der Waals surface area contributed by atoms with E-state index in [1.54, 1.807) is 0 Å². The van der Waals surface area contributed by atoms with Gasteiger partial charge in [-0.3, -0.25) is 5.41 Å². The van der Waals surface area contributed by atoms with Crippen molar-refractivity contribution in [1.82, 2.24) is 3.53 Å². The maximum absolute atomic E-state index is 6.69. The Morgan fingerprint density at radius 1 is 1.62 bits per heavy atom. The third-order valence-electron chi connectivity index (χ3n) is 0.344. The molecule has 0 aliphatic rings. The maximum atomic E-state index is 6.69. The fourth-order valence-electron chi connectivity index (χ4n) is 0.139. The van der Waals surface area contributed by atoms with Crippen LogP contribution >= 0.6 is 46.1 Å². The van der Waals surface area contributed by atoms with Crippen LogP contribution in [-0.4, -0.2) is 5.17 Å². The van der Waals surface area contributed by atoms with Crippen molar-refractivity contribution in [2.45, 2.75) is 0 Å². The van der Waals surface area contributed by atoms with Gasteiger partial charge >= 0.3 is 0 Å². The summed E-state index contributed by atoms with van der Waals surface area (Å²) in [6, 6.07) is 0. The van der Waals surface area contributed by atoms with Crippen molar-refractivity contribution in [2.24, 2.45) is 0 Å². The molecule has 0 amide bonds. The molecule has 0 radical (unpaired) electrons. The van der Waals surface area contributed by atoms with Crippen LogP contribution in [0.4, 0.5) is 0 Å². The molecule has 0 aromatic carbocycles. The molecule has 0 fully saturated rings. The van der Waals surface area contributed by atoms with E-state index in [0.717, 1.165) is 0 Å². The van der Waals surface area contributed by atoms with Gasteiger partial charge in [-0.2, -0.15) is 0 Å². The van der Waals surface area contributed by atoms with Gasteiger partial charge in [0.25, 0.3) is 0 Å². The molecule has 0 unspecified atom stereocenters. The van der Waals surface area contributed by atoms with E-state index in [1.807, 2.05) is 22.9 Å². The standard InChI is InChI=1S/C3H3Cl2IN2/c4-2(7)1-3(5)8-6/h1,7-8H/b3-1-,7-2?. The van der Waals surface area contributed by atoms with E-state index in [2.05, 4.69) is 3.53 Å². The topological polar surface area (TPSA) is 35.9 Å². The molecule has 0 aliphatic heterocycles. The van der Waals surface area contributed by atoms with Crippen LogP contribution in [0.25, 0.3) is 0 Å². The van der Waals surface area contributed by atoms with Gasteiger partial charge in [0, 0.05) is 6.08 Å². The first-order valence-electron chi connectivity index (χ1n) is 1.64. The summed E-state index contributed by atoms with van der Waals surface area (Å²) in [6.45, 7) is 0. The smallest absolute Gasteiger partial charge is 0.123 e. The van der Waals surface area contributed by atoms with Crippen molar-refractivity contribution in [2.75, 3.05) is 0 Å². The second-order valence-corrected chi connectivity index (χ2v) is 2.29. The molecule has 46 valence electrons. The summed E-state index contributed by atoms with van der Waals surface area (Å²) < 4.78 is 2.57. The number of hydrogen-bond donors (Lipinski definition) is 2. The lowest BCUT2D eigenvalue weighted by molar-refractivity contribution is 1.44. The minimum atomic E-state index is -0.0841. The molecule has 0 atom stereocenters. The quantitative estimate of drug-likeness (QED) is 0.341. The van der Waals surface area contributed by atoms with Crippen molar-refractivity contribution < 1.29 is 0 Å². The van der Waals surface area contributed by atoms with E-state index < -0.39 is 0 Å². The first-order chi connectivity index (χ1) is 3.66. The van der Waals surface area contributed by atoms with E-state index in [0.29, 0.717) is 5.16 Å². The van der Waals surface area contributed by atoms with Crippen molar-refractivity contribution in [3.63, 3.8) is 0 Å². The molecule has 0 aromatic rings. The average molecular weight is 265 g/mol. The first-order valence-corrected chi connectivity index (χ1v) is 3.48. The normalized spacial score (nSPS) is 11.1. The first kappa shape index (κ1) is 8.52. The SMILES string of the molecule is N=C(Cl)/C=C(/Cl)NI. The Morgan fingerprint density at radius 2 is 2.12 bits per heavy atom. The minimum absolute atomic E-state index is 0.0841. The zero-order chi connectivity index (χ0) is 6.57. The summed E-state index contributed by atoms with van der Waals surface area (Å²) in [6.07, 6.45) is 1.30. The number of allylic oxidation sites excluding steroid dienone is 1. The molecular formula is C3H3Cl2IN2. The summed E-state index contributed by atoms with van der Waals surface area (Å²) in [5.41, 5.74) is 0. The fraction of sp³-hybridized carbons (Fsp3) is 0. The summed E-state index contributed by atoms with van der Waals surface area (Å²) >= 11 is 12.3. The number of halogens is 3. The molecule has 8 heavy (non-hydrogen) atoms. The van der Waals surface area contributed by atoms with E-state index in [1.165, 1.54) is 6.08 Å². The Bertz CT molecular complexity index is 122. The summed E-state index contributed by atoms with van der Waals surface area (Å²) in [7, 11) is 0. The highest BCUT2D eigenvalue weighted by Gasteiger charge is 1.86. The Morgan fingerprint density at radius 3 is 2.25 bits per heavy atom. The molecule has 0 bridgehead atoms. The molecule has 0 heterocycles. The molecule has 5 heteroatoms. The average Bonchev–Trinajstić information content (AvgIpc) is 1.65. The lowest BCUT2D eigenvalue weighted by atomic mass is 10.7. The van der Waals surface area contributed by atoms with Crippen molar-refractivity contribution in [3.05, 3.63) is 11.2 Å². The van der Waals surface area contributed by atoms with E-state index in [-0.39, 0.29) is 5.17 Å². The van der Waals surface area contributed by atoms with Gasteiger partial charge in [-0.15, -0.1) is 0 Å². The Labute approximate surface area is 71.2 Å². The number of rotatable bonds is 2. The molecule has 0 saturated carbocycles. The van der Waals surface area contributed by atoms with E-state index in [4.69, 9.17) is 28.6 Å². The van der Waals surface area contributed by atoms with Crippen LogP contribution in [0.1, 0.15) is 0 Å². The predicted octanol–water partition coefficient (Wildman–Crippen LogP) is 2.22. The molecule has 0 saturated heterocycles. The fourth-order valence-corrected chi connectivity index (χ4v) is 0.568. The predicted molar refractivity (Wildman–Crippen MR) is 44.7 cm³/mol. The van der Waals surface area contributed by atoms with Crippen molar-refractivity contribution in [3.8, 4) is 0 Å². The Hall–Kier alpha value is 0.520. The highest BCUT2D eigenvalue weighted by Crippen LogP contribution is 1.99. The largest absolute Gasteiger partial charge is 0.319 e. The number of nitrogens with one attached hydrogen (secondary N) is 2. The molecule has 0 aliphatic carbocycles. The second-order valence-electron chi connectivity index (χ2n) is 0.935. The summed E-state index contributed by atoms with van der Waals surface area (Å²) in [5.74, 6) is 0.